The molecule has 0 radical (unpaired) electrons. The van der Waals surface area contributed by atoms with E-state index in [1.54, 1.807) is 4.90 Å². The van der Waals surface area contributed by atoms with Gasteiger partial charge in [-0.25, -0.2) is 0 Å². The minimum absolute atomic E-state index is 0.121. The Kier molecular flexibility index (Phi) is 8.29. The maximum absolute atomic E-state index is 13.2. The molecule has 1 aliphatic carbocycles. The van der Waals surface area contributed by atoms with Gasteiger partial charge in [-0.15, -0.1) is 5.10 Å². The van der Waals surface area contributed by atoms with E-state index in [2.05, 4.69) is 29.3 Å². The minimum atomic E-state index is -0.129. The standard InChI is InChI=1S/C26H36N4O3/c1-2-3-9-24-23(19-10-12-21(13-11-19)33-20-7-5-4-6-8-20)16-25(29-28-24)26(31)30-14-15-32-22(17-27)18-30/h10-13,16,20,22H,2-9,14-15,17-18,27H2,1H3. The highest BCUT2D eigenvalue weighted by Gasteiger charge is 2.26. The van der Waals surface area contributed by atoms with E-state index in [4.69, 9.17) is 15.2 Å². The molecule has 4 rings (SSSR count). The van der Waals surface area contributed by atoms with Crippen molar-refractivity contribution in [2.45, 2.75) is 70.5 Å². The molecule has 2 N–H and O–H groups in total. The molecule has 178 valence electrons. The monoisotopic (exact) mass is 452 g/mol. The third-order valence-electron chi connectivity index (χ3n) is 6.57. The summed E-state index contributed by atoms with van der Waals surface area (Å²) in [6.45, 7) is 4.07. The summed E-state index contributed by atoms with van der Waals surface area (Å²) in [5.41, 5.74) is 9.03. The Labute approximate surface area is 196 Å². The van der Waals surface area contributed by atoms with Crippen molar-refractivity contribution in [1.82, 2.24) is 15.1 Å². The minimum Gasteiger partial charge on any atom is -0.490 e. The Hall–Kier alpha value is -2.51. The van der Waals surface area contributed by atoms with E-state index in [-0.39, 0.29) is 12.0 Å². The summed E-state index contributed by atoms with van der Waals surface area (Å²) in [5, 5.41) is 8.78. The van der Waals surface area contributed by atoms with E-state index < -0.39 is 0 Å². The van der Waals surface area contributed by atoms with Crippen LogP contribution in [0.2, 0.25) is 0 Å². The van der Waals surface area contributed by atoms with Gasteiger partial charge >= 0.3 is 0 Å². The predicted molar refractivity (Wildman–Crippen MR) is 128 cm³/mol. The zero-order chi connectivity index (χ0) is 23.0. The van der Waals surface area contributed by atoms with Gasteiger partial charge in [0, 0.05) is 25.2 Å². The van der Waals surface area contributed by atoms with Crippen LogP contribution in [-0.2, 0) is 11.2 Å². The van der Waals surface area contributed by atoms with Gasteiger partial charge < -0.3 is 20.1 Å². The third kappa shape index (κ3) is 6.09. The smallest absolute Gasteiger partial charge is 0.274 e. The van der Waals surface area contributed by atoms with Crippen LogP contribution in [0.15, 0.2) is 30.3 Å². The summed E-state index contributed by atoms with van der Waals surface area (Å²) in [4.78, 5) is 14.9. The summed E-state index contributed by atoms with van der Waals surface area (Å²) >= 11 is 0. The first-order valence-electron chi connectivity index (χ1n) is 12.4. The quantitative estimate of drug-likeness (QED) is 0.651. The molecule has 1 aromatic heterocycles. The average molecular weight is 453 g/mol. The number of amides is 1. The van der Waals surface area contributed by atoms with Gasteiger partial charge in [-0.3, -0.25) is 4.79 Å². The lowest BCUT2D eigenvalue weighted by atomic mass is 9.97. The van der Waals surface area contributed by atoms with Gasteiger partial charge in [-0.2, -0.15) is 5.10 Å². The summed E-state index contributed by atoms with van der Waals surface area (Å²) < 4.78 is 11.8. The lowest BCUT2D eigenvalue weighted by molar-refractivity contribution is -0.0169. The number of hydrogen-bond acceptors (Lipinski definition) is 6. The van der Waals surface area contributed by atoms with Crippen molar-refractivity contribution in [3.05, 3.63) is 41.7 Å². The number of carbonyl (C=O) groups is 1. The van der Waals surface area contributed by atoms with E-state index in [9.17, 15) is 4.79 Å². The molecular weight excluding hydrogens is 416 g/mol. The zero-order valence-corrected chi connectivity index (χ0v) is 19.7. The molecule has 0 spiro atoms. The molecule has 1 saturated heterocycles. The van der Waals surface area contributed by atoms with Crippen LogP contribution in [0.25, 0.3) is 11.1 Å². The molecule has 2 heterocycles. The first-order valence-corrected chi connectivity index (χ1v) is 12.4. The van der Waals surface area contributed by atoms with Gasteiger partial charge in [0.15, 0.2) is 5.69 Å². The van der Waals surface area contributed by atoms with Crippen LogP contribution in [-0.4, -0.2) is 59.5 Å². The highest BCUT2D eigenvalue weighted by molar-refractivity contribution is 5.93. The van der Waals surface area contributed by atoms with Crippen LogP contribution in [0.1, 0.15) is 68.1 Å². The lowest BCUT2D eigenvalue weighted by Crippen LogP contribution is -2.48. The SMILES string of the molecule is CCCCc1nnc(C(=O)N2CCOC(CN)C2)cc1-c1ccc(OC2CCCCC2)cc1. The Morgan fingerprint density at radius 3 is 2.70 bits per heavy atom. The number of hydrogen-bond donors (Lipinski definition) is 1. The largest absolute Gasteiger partial charge is 0.490 e. The van der Waals surface area contributed by atoms with Crippen LogP contribution >= 0.6 is 0 Å². The first kappa shape index (κ1) is 23.6. The molecule has 2 fully saturated rings. The number of morpholine rings is 1. The Morgan fingerprint density at radius 2 is 1.97 bits per heavy atom. The second-order valence-corrected chi connectivity index (χ2v) is 9.08. The molecule has 1 aliphatic heterocycles. The van der Waals surface area contributed by atoms with E-state index in [1.165, 1.54) is 19.3 Å². The fourth-order valence-corrected chi connectivity index (χ4v) is 4.60. The maximum Gasteiger partial charge on any atom is 0.274 e. The third-order valence-corrected chi connectivity index (χ3v) is 6.57. The molecule has 1 aromatic carbocycles. The number of aryl methyl sites for hydroxylation is 1. The van der Waals surface area contributed by atoms with Crippen molar-refractivity contribution in [2.75, 3.05) is 26.2 Å². The van der Waals surface area contributed by atoms with Gasteiger partial charge in [0.05, 0.1) is 24.5 Å². The number of rotatable bonds is 8. The number of nitrogens with two attached hydrogens (primary N) is 1. The molecule has 7 nitrogen and oxygen atoms in total. The highest BCUT2D eigenvalue weighted by Crippen LogP contribution is 2.29. The van der Waals surface area contributed by atoms with E-state index >= 15 is 0 Å². The molecule has 1 atom stereocenters. The number of benzene rings is 1. The van der Waals surface area contributed by atoms with Gasteiger partial charge in [-0.1, -0.05) is 31.9 Å². The lowest BCUT2D eigenvalue weighted by Gasteiger charge is -2.32. The van der Waals surface area contributed by atoms with Crippen molar-refractivity contribution in [1.29, 1.82) is 0 Å². The molecule has 1 amide bonds. The van der Waals surface area contributed by atoms with Crippen molar-refractivity contribution in [3.8, 4) is 16.9 Å². The summed E-state index contributed by atoms with van der Waals surface area (Å²) in [5.74, 6) is 0.782. The second kappa shape index (κ2) is 11.6. The van der Waals surface area contributed by atoms with Gasteiger partial charge in [-0.05, 0) is 62.3 Å². The molecule has 1 unspecified atom stereocenters. The number of ether oxygens (including phenoxy) is 2. The first-order chi connectivity index (χ1) is 16.2. The average Bonchev–Trinajstić information content (AvgIpc) is 2.88. The molecule has 1 saturated carbocycles. The van der Waals surface area contributed by atoms with E-state index in [0.717, 1.165) is 54.7 Å². The Bertz CT molecular complexity index is 912. The van der Waals surface area contributed by atoms with Crippen molar-refractivity contribution in [2.24, 2.45) is 5.73 Å². The summed E-state index contributed by atoms with van der Waals surface area (Å²) in [6, 6.07) is 10.1. The van der Waals surface area contributed by atoms with E-state index in [1.807, 2.05) is 18.2 Å². The predicted octanol–water partition coefficient (Wildman–Crippen LogP) is 4.00. The fourth-order valence-electron chi connectivity index (χ4n) is 4.60. The molecular formula is C26H36N4O3. The summed E-state index contributed by atoms with van der Waals surface area (Å²) in [7, 11) is 0. The Balaban J connectivity index is 1.55. The van der Waals surface area contributed by atoms with Crippen molar-refractivity contribution < 1.29 is 14.3 Å². The topological polar surface area (TPSA) is 90.6 Å². The zero-order valence-electron chi connectivity index (χ0n) is 19.7. The van der Waals surface area contributed by atoms with Gasteiger partial charge in [0.25, 0.3) is 5.91 Å². The maximum atomic E-state index is 13.2. The van der Waals surface area contributed by atoms with Crippen molar-refractivity contribution in [3.63, 3.8) is 0 Å². The molecule has 7 heteroatoms. The molecule has 2 aliphatic rings. The van der Waals surface area contributed by atoms with Gasteiger partial charge in [0.2, 0.25) is 0 Å². The molecule has 0 bridgehead atoms. The van der Waals surface area contributed by atoms with Gasteiger partial charge in [0.1, 0.15) is 5.75 Å². The van der Waals surface area contributed by atoms with Crippen LogP contribution in [0, 0.1) is 0 Å². The summed E-state index contributed by atoms with van der Waals surface area (Å²) in [6.07, 6.45) is 9.20. The molecule has 33 heavy (non-hydrogen) atoms. The van der Waals surface area contributed by atoms with Crippen LogP contribution in [0.3, 0.4) is 0 Å². The fraction of sp³-hybridized carbons (Fsp3) is 0.577. The van der Waals surface area contributed by atoms with E-state index in [0.29, 0.717) is 38.0 Å². The van der Waals surface area contributed by atoms with Crippen LogP contribution < -0.4 is 10.5 Å². The Morgan fingerprint density at radius 1 is 1.18 bits per heavy atom. The molecule has 2 aromatic rings. The van der Waals surface area contributed by atoms with Crippen LogP contribution in [0.5, 0.6) is 5.75 Å². The number of aromatic nitrogens is 2. The number of unbranched alkanes of at least 4 members (excludes halogenated alkanes) is 1. The van der Waals surface area contributed by atoms with Crippen molar-refractivity contribution >= 4 is 5.91 Å². The number of carbonyl (C=O) groups excluding carboxylic acids is 1. The van der Waals surface area contributed by atoms with Crippen LogP contribution in [0.4, 0.5) is 0 Å². The normalized spacial score (nSPS) is 19.5. The highest BCUT2D eigenvalue weighted by atomic mass is 16.5. The second-order valence-electron chi connectivity index (χ2n) is 9.08. The number of nitrogens with zero attached hydrogens (tertiary/aromatic N) is 3.